The predicted molar refractivity (Wildman–Crippen MR) is 83.6 cm³/mol. The van der Waals surface area contributed by atoms with E-state index in [0.717, 1.165) is 25.6 Å². The number of halogens is 1. The van der Waals surface area contributed by atoms with Gasteiger partial charge in [0.15, 0.2) is 0 Å². The molecule has 1 aromatic heterocycles. The van der Waals surface area contributed by atoms with Crippen LogP contribution >= 0.6 is 27.3 Å². The summed E-state index contributed by atoms with van der Waals surface area (Å²) in [6.07, 6.45) is 3.73. The number of rotatable bonds is 9. The summed E-state index contributed by atoms with van der Waals surface area (Å²) in [6.45, 7) is 7.36. The van der Waals surface area contributed by atoms with Crippen LogP contribution in [0.2, 0.25) is 0 Å². The summed E-state index contributed by atoms with van der Waals surface area (Å²) in [4.78, 5) is 1.50. The Kier molecular flexibility index (Phi) is 8.15. The van der Waals surface area contributed by atoms with Gasteiger partial charge in [0.05, 0.1) is 10.4 Å². The lowest BCUT2D eigenvalue weighted by Crippen LogP contribution is -2.21. The van der Waals surface area contributed by atoms with Gasteiger partial charge in [-0.15, -0.1) is 11.3 Å². The highest BCUT2D eigenvalue weighted by molar-refractivity contribution is 9.11. The third kappa shape index (κ3) is 6.32. The first-order valence-electron chi connectivity index (χ1n) is 6.58. The SMILES string of the molecule is COCCNCCC(C)CCc1cc(C)c(Br)s1. The summed E-state index contributed by atoms with van der Waals surface area (Å²) in [5.74, 6) is 0.779. The molecular weight excluding hydrogens is 310 g/mol. The molecule has 0 amide bonds. The van der Waals surface area contributed by atoms with Crippen molar-refractivity contribution in [2.24, 2.45) is 5.92 Å². The molecular formula is C14H24BrNOS. The second-order valence-electron chi connectivity index (χ2n) is 4.84. The van der Waals surface area contributed by atoms with Gasteiger partial charge in [-0.3, -0.25) is 0 Å². The van der Waals surface area contributed by atoms with Crippen molar-refractivity contribution >= 4 is 27.3 Å². The normalized spacial score (nSPS) is 12.9. The summed E-state index contributed by atoms with van der Waals surface area (Å²) < 4.78 is 6.29. The van der Waals surface area contributed by atoms with Crippen molar-refractivity contribution in [3.63, 3.8) is 0 Å². The Bertz CT molecular complexity index is 321. The van der Waals surface area contributed by atoms with Gasteiger partial charge in [-0.2, -0.15) is 0 Å². The molecule has 0 saturated carbocycles. The molecule has 1 N–H and O–H groups in total. The van der Waals surface area contributed by atoms with E-state index in [1.54, 1.807) is 7.11 Å². The molecule has 18 heavy (non-hydrogen) atoms. The maximum atomic E-state index is 5.00. The van der Waals surface area contributed by atoms with E-state index < -0.39 is 0 Å². The smallest absolute Gasteiger partial charge is 0.0730 e. The fraction of sp³-hybridized carbons (Fsp3) is 0.714. The fourth-order valence-corrected chi connectivity index (χ4v) is 3.47. The average molecular weight is 334 g/mol. The van der Waals surface area contributed by atoms with Crippen molar-refractivity contribution in [2.45, 2.75) is 33.1 Å². The van der Waals surface area contributed by atoms with Crippen LogP contribution in [0.25, 0.3) is 0 Å². The molecule has 0 aromatic carbocycles. The first kappa shape index (κ1) is 16.2. The number of thiophene rings is 1. The molecule has 0 spiro atoms. The van der Waals surface area contributed by atoms with E-state index in [9.17, 15) is 0 Å². The lowest BCUT2D eigenvalue weighted by Gasteiger charge is -2.11. The van der Waals surface area contributed by atoms with Crippen molar-refractivity contribution in [3.05, 3.63) is 20.3 Å². The minimum absolute atomic E-state index is 0.779. The first-order valence-corrected chi connectivity index (χ1v) is 8.19. The molecule has 1 atom stereocenters. The van der Waals surface area contributed by atoms with E-state index in [-0.39, 0.29) is 0 Å². The fourth-order valence-electron chi connectivity index (χ4n) is 1.83. The zero-order valence-corrected chi connectivity index (χ0v) is 14.0. The van der Waals surface area contributed by atoms with Gasteiger partial charge in [-0.25, -0.2) is 0 Å². The van der Waals surface area contributed by atoms with Crippen LogP contribution in [0.4, 0.5) is 0 Å². The summed E-state index contributed by atoms with van der Waals surface area (Å²) in [6, 6.07) is 2.30. The molecule has 0 saturated heterocycles. The van der Waals surface area contributed by atoms with Gasteiger partial charge in [-0.1, -0.05) is 6.92 Å². The van der Waals surface area contributed by atoms with Gasteiger partial charge >= 0.3 is 0 Å². The van der Waals surface area contributed by atoms with E-state index in [1.807, 2.05) is 11.3 Å². The van der Waals surface area contributed by atoms with Crippen LogP contribution in [-0.2, 0) is 11.2 Å². The highest BCUT2D eigenvalue weighted by atomic mass is 79.9. The molecule has 0 radical (unpaired) electrons. The number of hydrogen-bond donors (Lipinski definition) is 1. The Labute approximate surface area is 123 Å². The molecule has 1 aromatic rings. The molecule has 1 heterocycles. The summed E-state index contributed by atoms with van der Waals surface area (Å²) >= 11 is 5.46. The maximum absolute atomic E-state index is 5.00. The van der Waals surface area contributed by atoms with E-state index >= 15 is 0 Å². The number of ether oxygens (including phenoxy) is 1. The van der Waals surface area contributed by atoms with Gasteiger partial charge in [0.1, 0.15) is 0 Å². The molecule has 104 valence electrons. The highest BCUT2D eigenvalue weighted by Gasteiger charge is 2.06. The van der Waals surface area contributed by atoms with Crippen LogP contribution < -0.4 is 5.32 Å². The Balaban J connectivity index is 2.11. The van der Waals surface area contributed by atoms with E-state index in [4.69, 9.17) is 4.74 Å². The Morgan fingerprint density at radius 3 is 2.78 bits per heavy atom. The first-order chi connectivity index (χ1) is 8.63. The zero-order valence-electron chi connectivity index (χ0n) is 11.6. The Morgan fingerprint density at radius 1 is 1.39 bits per heavy atom. The largest absolute Gasteiger partial charge is 0.383 e. The molecule has 0 bridgehead atoms. The van der Waals surface area contributed by atoms with Gasteiger partial charge in [0, 0.05) is 18.5 Å². The third-order valence-electron chi connectivity index (χ3n) is 3.09. The Hall–Kier alpha value is 0.1000. The van der Waals surface area contributed by atoms with E-state index in [1.165, 1.54) is 33.5 Å². The van der Waals surface area contributed by atoms with E-state index in [2.05, 4.69) is 41.2 Å². The van der Waals surface area contributed by atoms with Crippen molar-refractivity contribution in [1.29, 1.82) is 0 Å². The second kappa shape index (κ2) is 9.08. The molecule has 4 heteroatoms. The second-order valence-corrected chi connectivity index (χ2v) is 7.30. The van der Waals surface area contributed by atoms with Crippen LogP contribution in [0, 0.1) is 12.8 Å². The van der Waals surface area contributed by atoms with E-state index in [0.29, 0.717) is 0 Å². The lowest BCUT2D eigenvalue weighted by atomic mass is 10.0. The lowest BCUT2D eigenvalue weighted by molar-refractivity contribution is 0.199. The van der Waals surface area contributed by atoms with Crippen molar-refractivity contribution in [2.75, 3.05) is 26.8 Å². The van der Waals surface area contributed by atoms with Gasteiger partial charge in [0.25, 0.3) is 0 Å². The standard InChI is InChI=1S/C14H24BrNOS/c1-11(6-7-16-8-9-17-3)4-5-13-10-12(2)14(15)18-13/h10-11,16H,4-9H2,1-3H3. The molecule has 0 aliphatic rings. The summed E-state index contributed by atoms with van der Waals surface area (Å²) in [5, 5.41) is 3.40. The number of aryl methyl sites for hydroxylation is 2. The molecule has 1 unspecified atom stereocenters. The minimum Gasteiger partial charge on any atom is -0.383 e. The molecule has 0 aliphatic heterocycles. The van der Waals surface area contributed by atoms with Crippen molar-refractivity contribution in [3.8, 4) is 0 Å². The van der Waals surface area contributed by atoms with Crippen LogP contribution in [0.1, 0.15) is 30.2 Å². The monoisotopic (exact) mass is 333 g/mol. The third-order valence-corrected chi connectivity index (χ3v) is 5.29. The van der Waals surface area contributed by atoms with Crippen molar-refractivity contribution in [1.82, 2.24) is 5.32 Å². The maximum Gasteiger partial charge on any atom is 0.0730 e. The number of nitrogens with one attached hydrogen (secondary N) is 1. The molecule has 0 aliphatic carbocycles. The highest BCUT2D eigenvalue weighted by Crippen LogP contribution is 2.28. The predicted octanol–water partition coefficient (Wildman–Crippen LogP) is 4.01. The van der Waals surface area contributed by atoms with Gasteiger partial charge in [-0.05, 0) is 66.2 Å². The van der Waals surface area contributed by atoms with Crippen LogP contribution in [0.15, 0.2) is 9.85 Å². The number of hydrogen-bond acceptors (Lipinski definition) is 3. The minimum atomic E-state index is 0.779. The van der Waals surface area contributed by atoms with Crippen LogP contribution in [0.3, 0.4) is 0 Å². The Morgan fingerprint density at radius 2 is 2.17 bits per heavy atom. The quantitative estimate of drug-likeness (QED) is 0.689. The number of methoxy groups -OCH3 is 1. The molecule has 2 nitrogen and oxygen atoms in total. The topological polar surface area (TPSA) is 21.3 Å². The summed E-state index contributed by atoms with van der Waals surface area (Å²) in [7, 11) is 1.74. The average Bonchev–Trinajstić information content (AvgIpc) is 2.66. The van der Waals surface area contributed by atoms with Crippen molar-refractivity contribution < 1.29 is 4.74 Å². The molecule has 0 fully saturated rings. The van der Waals surface area contributed by atoms with Crippen LogP contribution in [-0.4, -0.2) is 26.8 Å². The van der Waals surface area contributed by atoms with Crippen LogP contribution in [0.5, 0.6) is 0 Å². The van der Waals surface area contributed by atoms with Gasteiger partial charge < -0.3 is 10.1 Å². The molecule has 1 rings (SSSR count). The zero-order chi connectivity index (χ0) is 13.4. The van der Waals surface area contributed by atoms with Gasteiger partial charge in [0.2, 0.25) is 0 Å². The summed E-state index contributed by atoms with van der Waals surface area (Å²) in [5.41, 5.74) is 1.36.